The summed E-state index contributed by atoms with van der Waals surface area (Å²) in [7, 11) is 1.53. The van der Waals surface area contributed by atoms with Gasteiger partial charge in [-0.3, -0.25) is 0 Å². The maximum absolute atomic E-state index is 5.22. The van der Waals surface area contributed by atoms with E-state index in [0.717, 1.165) is 0 Å². The lowest BCUT2D eigenvalue weighted by molar-refractivity contribution is 0.113. The van der Waals surface area contributed by atoms with Gasteiger partial charge in [0.1, 0.15) is 6.23 Å². The molecule has 0 bridgehead atoms. The van der Waals surface area contributed by atoms with E-state index in [1.165, 1.54) is 7.11 Å². The maximum atomic E-state index is 5.22. The fourth-order valence-electron chi connectivity index (χ4n) is 0.199. The summed E-state index contributed by atoms with van der Waals surface area (Å²) in [5.41, 5.74) is 5.22. The Bertz CT molecular complexity index is 74.6. The van der Waals surface area contributed by atoms with Crippen molar-refractivity contribution >= 4 is 0 Å². The SMILES string of the molecule is C#CCC(N)OC. The van der Waals surface area contributed by atoms with Gasteiger partial charge in [-0.25, -0.2) is 0 Å². The molecular weight excluding hydrogens is 90.1 g/mol. The first-order valence-corrected chi connectivity index (χ1v) is 2.03. The van der Waals surface area contributed by atoms with Crippen molar-refractivity contribution in [1.29, 1.82) is 0 Å². The number of nitrogens with two attached hydrogens (primary N) is 1. The van der Waals surface area contributed by atoms with E-state index in [0.29, 0.717) is 6.42 Å². The van der Waals surface area contributed by atoms with Crippen molar-refractivity contribution in [2.75, 3.05) is 7.11 Å². The number of methoxy groups -OCH3 is 1. The minimum absolute atomic E-state index is 0.287. The highest BCUT2D eigenvalue weighted by Crippen LogP contribution is 1.82. The molecule has 0 radical (unpaired) electrons. The highest BCUT2D eigenvalue weighted by Gasteiger charge is 1.91. The molecular formula is C5H9NO. The third-order valence-electron chi connectivity index (χ3n) is 0.622. The molecule has 0 aromatic carbocycles. The molecule has 2 nitrogen and oxygen atoms in total. The number of terminal acetylenes is 1. The van der Waals surface area contributed by atoms with Gasteiger partial charge in [-0.15, -0.1) is 12.3 Å². The van der Waals surface area contributed by atoms with Gasteiger partial charge in [-0.1, -0.05) is 0 Å². The normalized spacial score (nSPS) is 12.7. The second kappa shape index (κ2) is 3.66. The number of hydrogen-bond acceptors (Lipinski definition) is 2. The molecule has 0 fully saturated rings. The zero-order chi connectivity index (χ0) is 5.70. The molecule has 0 amide bonds. The summed E-state index contributed by atoms with van der Waals surface area (Å²) in [5.74, 6) is 2.37. The van der Waals surface area contributed by atoms with Gasteiger partial charge in [-0.05, 0) is 0 Å². The topological polar surface area (TPSA) is 35.2 Å². The summed E-state index contributed by atoms with van der Waals surface area (Å²) < 4.78 is 4.63. The van der Waals surface area contributed by atoms with Crippen molar-refractivity contribution in [3.63, 3.8) is 0 Å². The van der Waals surface area contributed by atoms with Crippen LogP contribution in [0.1, 0.15) is 6.42 Å². The van der Waals surface area contributed by atoms with Crippen molar-refractivity contribution < 1.29 is 4.74 Å². The molecule has 0 aromatic rings. The Kier molecular flexibility index (Phi) is 3.39. The van der Waals surface area contributed by atoms with E-state index in [-0.39, 0.29) is 6.23 Å². The summed E-state index contributed by atoms with van der Waals surface area (Å²) in [6.07, 6.45) is 5.09. The van der Waals surface area contributed by atoms with E-state index in [1.807, 2.05) is 0 Å². The summed E-state index contributed by atoms with van der Waals surface area (Å²) in [6, 6.07) is 0. The van der Waals surface area contributed by atoms with Gasteiger partial charge in [0.2, 0.25) is 0 Å². The van der Waals surface area contributed by atoms with E-state index in [1.54, 1.807) is 0 Å². The van der Waals surface area contributed by atoms with Crippen molar-refractivity contribution in [2.45, 2.75) is 12.6 Å². The third-order valence-corrected chi connectivity index (χ3v) is 0.622. The van der Waals surface area contributed by atoms with Crippen molar-refractivity contribution in [1.82, 2.24) is 0 Å². The lowest BCUT2D eigenvalue weighted by Gasteiger charge is -2.01. The molecule has 0 aromatic heterocycles. The standard InChI is InChI=1S/C5H9NO/c1-3-4-5(6)7-2/h1,5H,4,6H2,2H3. The van der Waals surface area contributed by atoms with Gasteiger partial charge in [0.05, 0.1) is 0 Å². The molecule has 1 unspecified atom stereocenters. The van der Waals surface area contributed by atoms with E-state index >= 15 is 0 Å². The van der Waals surface area contributed by atoms with Crippen LogP contribution in [0.25, 0.3) is 0 Å². The third kappa shape index (κ3) is 3.31. The lowest BCUT2D eigenvalue weighted by atomic mass is 10.4. The first-order chi connectivity index (χ1) is 3.31. The highest BCUT2D eigenvalue weighted by molar-refractivity contribution is 4.85. The van der Waals surface area contributed by atoms with Crippen molar-refractivity contribution in [2.24, 2.45) is 5.73 Å². The Morgan fingerprint density at radius 2 is 2.57 bits per heavy atom. The monoisotopic (exact) mass is 99.1 g/mol. The van der Waals surface area contributed by atoms with Gasteiger partial charge >= 0.3 is 0 Å². The highest BCUT2D eigenvalue weighted by atomic mass is 16.5. The molecule has 0 spiro atoms. The summed E-state index contributed by atoms with van der Waals surface area (Å²) in [5, 5.41) is 0. The maximum Gasteiger partial charge on any atom is 0.116 e. The van der Waals surface area contributed by atoms with Crippen molar-refractivity contribution in [3.05, 3.63) is 0 Å². The van der Waals surface area contributed by atoms with Crippen LogP contribution >= 0.6 is 0 Å². The van der Waals surface area contributed by atoms with Crippen molar-refractivity contribution in [3.8, 4) is 12.3 Å². The summed E-state index contributed by atoms with van der Waals surface area (Å²) >= 11 is 0. The second-order valence-corrected chi connectivity index (χ2v) is 1.18. The van der Waals surface area contributed by atoms with Crippen LogP contribution in [0.15, 0.2) is 0 Å². The van der Waals surface area contributed by atoms with Crippen LogP contribution in [0, 0.1) is 12.3 Å². The average molecular weight is 99.1 g/mol. The van der Waals surface area contributed by atoms with E-state index in [9.17, 15) is 0 Å². The predicted octanol–water partition coefficient (Wildman–Crippen LogP) is -0.0591. The number of ether oxygens (including phenoxy) is 1. The van der Waals surface area contributed by atoms with E-state index < -0.39 is 0 Å². The zero-order valence-corrected chi connectivity index (χ0v) is 4.35. The molecule has 2 N–H and O–H groups in total. The molecule has 7 heavy (non-hydrogen) atoms. The Hall–Kier alpha value is -0.520. The van der Waals surface area contributed by atoms with Crippen LogP contribution < -0.4 is 5.73 Å². The number of hydrogen-bond donors (Lipinski definition) is 1. The van der Waals surface area contributed by atoms with Gasteiger partial charge in [0, 0.05) is 13.5 Å². The molecule has 2 heteroatoms. The molecule has 1 atom stereocenters. The minimum atomic E-state index is -0.287. The van der Waals surface area contributed by atoms with Gasteiger partial charge in [0.25, 0.3) is 0 Å². The van der Waals surface area contributed by atoms with Crippen LogP contribution in [0.3, 0.4) is 0 Å². The molecule has 0 rings (SSSR count). The largest absolute Gasteiger partial charge is 0.366 e. The molecule has 40 valence electrons. The first-order valence-electron chi connectivity index (χ1n) is 2.03. The van der Waals surface area contributed by atoms with E-state index in [4.69, 9.17) is 12.2 Å². The number of rotatable bonds is 2. The van der Waals surface area contributed by atoms with Gasteiger partial charge in [0.15, 0.2) is 0 Å². The molecule has 0 aliphatic carbocycles. The Balaban J connectivity index is 3.03. The summed E-state index contributed by atoms with van der Waals surface area (Å²) in [6.45, 7) is 0. The predicted molar refractivity (Wildman–Crippen MR) is 28.4 cm³/mol. The van der Waals surface area contributed by atoms with Gasteiger partial charge in [-0.2, -0.15) is 0 Å². The second-order valence-electron chi connectivity index (χ2n) is 1.18. The first kappa shape index (κ1) is 6.48. The molecule has 0 saturated heterocycles. The quantitative estimate of drug-likeness (QED) is 0.389. The Morgan fingerprint density at radius 3 is 2.71 bits per heavy atom. The molecule has 0 aliphatic heterocycles. The van der Waals surface area contributed by atoms with Gasteiger partial charge < -0.3 is 10.5 Å². The minimum Gasteiger partial charge on any atom is -0.366 e. The molecule has 0 saturated carbocycles. The summed E-state index contributed by atoms with van der Waals surface area (Å²) in [4.78, 5) is 0. The molecule has 0 heterocycles. The zero-order valence-electron chi connectivity index (χ0n) is 4.35. The fraction of sp³-hybridized carbons (Fsp3) is 0.600. The van der Waals surface area contributed by atoms with E-state index in [2.05, 4.69) is 10.7 Å². The fourth-order valence-corrected chi connectivity index (χ4v) is 0.199. The average Bonchev–Trinajstić information content (AvgIpc) is 1.68. The lowest BCUT2D eigenvalue weighted by Crippen LogP contribution is -2.20. The van der Waals surface area contributed by atoms with Crippen LogP contribution in [-0.2, 0) is 4.74 Å². The van der Waals surface area contributed by atoms with Crippen LogP contribution in [0.5, 0.6) is 0 Å². The van der Waals surface area contributed by atoms with Crippen LogP contribution in [-0.4, -0.2) is 13.3 Å². The Morgan fingerprint density at radius 1 is 2.00 bits per heavy atom. The van der Waals surface area contributed by atoms with Crippen LogP contribution in [0.2, 0.25) is 0 Å². The smallest absolute Gasteiger partial charge is 0.116 e. The molecule has 0 aliphatic rings. The van der Waals surface area contributed by atoms with Crippen LogP contribution in [0.4, 0.5) is 0 Å². The Labute approximate surface area is 43.7 Å².